The fourth-order valence-corrected chi connectivity index (χ4v) is 4.95. The molecule has 8 heteroatoms. The Morgan fingerprint density at radius 3 is 2.60 bits per heavy atom. The highest BCUT2D eigenvalue weighted by molar-refractivity contribution is 14.1. The van der Waals surface area contributed by atoms with E-state index in [1.165, 1.54) is 0 Å². The van der Waals surface area contributed by atoms with E-state index in [4.69, 9.17) is 5.73 Å². The Kier molecular flexibility index (Phi) is 4.57. The van der Waals surface area contributed by atoms with E-state index in [2.05, 4.69) is 48.2 Å². The molecule has 1 saturated carbocycles. The fraction of sp³-hybridized carbons (Fsp3) is 0.588. The molecule has 0 unspecified atom stereocenters. The number of rotatable bonds is 2. The number of hydrogen-bond donors (Lipinski definition) is 1. The average molecular weight is 454 g/mol. The number of nitrogens with two attached hydrogens (primary N) is 1. The van der Waals surface area contributed by atoms with Crippen molar-refractivity contribution < 1.29 is 4.79 Å². The number of hydrogen-bond acceptors (Lipinski definition) is 5. The lowest BCUT2D eigenvalue weighted by Gasteiger charge is -2.40. The molecule has 7 nitrogen and oxygen atoms in total. The first-order valence-electron chi connectivity index (χ1n) is 8.79. The molecule has 2 aromatic heterocycles. The van der Waals surface area contributed by atoms with Crippen LogP contribution >= 0.6 is 22.6 Å². The lowest BCUT2D eigenvalue weighted by molar-refractivity contribution is -0.135. The van der Waals surface area contributed by atoms with E-state index >= 15 is 0 Å². The molecule has 1 aliphatic carbocycles. The molecule has 134 valence electrons. The summed E-state index contributed by atoms with van der Waals surface area (Å²) in [5.74, 6) is 0.796. The smallest absolute Gasteiger partial charge is 0.236 e. The highest BCUT2D eigenvalue weighted by Gasteiger charge is 2.31. The molecular formula is C17H23IN6O. The van der Waals surface area contributed by atoms with Gasteiger partial charge in [0, 0.05) is 42.0 Å². The number of carbonyl (C=O) groups is 1. The molecule has 1 amide bonds. The third-order valence-corrected chi connectivity index (χ3v) is 6.47. The van der Waals surface area contributed by atoms with Gasteiger partial charge in [0.05, 0.1) is 11.9 Å². The first-order chi connectivity index (χ1) is 12.0. The second-order valence-corrected chi connectivity index (χ2v) is 8.25. The number of piperazine rings is 1. The van der Waals surface area contributed by atoms with Gasteiger partial charge in [-0.1, -0.05) is 0 Å². The number of nitrogens with zero attached hydrogens (tertiary/aromatic N) is 5. The van der Waals surface area contributed by atoms with Gasteiger partial charge in [-0.15, -0.1) is 0 Å². The minimum Gasteiger partial charge on any atom is -0.383 e. The maximum Gasteiger partial charge on any atom is 0.236 e. The zero-order chi connectivity index (χ0) is 17.6. The zero-order valence-corrected chi connectivity index (χ0v) is 16.5. The quantitative estimate of drug-likeness (QED) is 0.702. The Morgan fingerprint density at radius 1 is 1.16 bits per heavy atom. The van der Waals surface area contributed by atoms with Crippen molar-refractivity contribution in [3.63, 3.8) is 0 Å². The van der Waals surface area contributed by atoms with Gasteiger partial charge in [0.25, 0.3) is 0 Å². The zero-order valence-electron chi connectivity index (χ0n) is 14.4. The Balaban J connectivity index is 1.48. The van der Waals surface area contributed by atoms with Crippen LogP contribution in [0.25, 0.3) is 11.0 Å². The first kappa shape index (κ1) is 17.0. The first-order valence-corrected chi connectivity index (χ1v) is 9.87. The molecule has 25 heavy (non-hydrogen) atoms. The van der Waals surface area contributed by atoms with E-state index in [1.807, 2.05) is 11.9 Å². The van der Waals surface area contributed by atoms with Gasteiger partial charge in [0.2, 0.25) is 5.91 Å². The minimum absolute atomic E-state index is 0.242. The van der Waals surface area contributed by atoms with Crippen LogP contribution in [0.3, 0.4) is 0 Å². The summed E-state index contributed by atoms with van der Waals surface area (Å²) < 4.78 is 3.39. The number of carbonyl (C=O) groups excluding carboxylic acids is 1. The number of likely N-dealkylation sites (N-methyl/N-ethyl adjacent to an activating group) is 1. The molecule has 0 aromatic carbocycles. The highest BCUT2D eigenvalue weighted by Crippen LogP contribution is 2.35. The average Bonchev–Trinajstić information content (AvgIpc) is 2.96. The van der Waals surface area contributed by atoms with Gasteiger partial charge < -0.3 is 15.2 Å². The van der Waals surface area contributed by atoms with E-state index in [-0.39, 0.29) is 5.91 Å². The van der Waals surface area contributed by atoms with Gasteiger partial charge in [0.1, 0.15) is 17.8 Å². The summed E-state index contributed by atoms with van der Waals surface area (Å²) in [4.78, 5) is 24.8. The van der Waals surface area contributed by atoms with E-state index in [1.54, 1.807) is 6.33 Å². The normalized spacial score (nSPS) is 25.7. The molecule has 2 aliphatic rings. The molecule has 3 heterocycles. The molecule has 4 rings (SSSR count). The number of halogens is 1. The second kappa shape index (κ2) is 6.71. The van der Waals surface area contributed by atoms with Crippen molar-refractivity contribution in [3.8, 4) is 0 Å². The van der Waals surface area contributed by atoms with Crippen molar-refractivity contribution in [2.75, 3.05) is 32.4 Å². The molecule has 2 fully saturated rings. The summed E-state index contributed by atoms with van der Waals surface area (Å²) in [5.41, 5.74) is 6.97. The maximum atomic E-state index is 12.0. The van der Waals surface area contributed by atoms with E-state index in [0.29, 0.717) is 24.4 Å². The number of aromatic nitrogens is 3. The van der Waals surface area contributed by atoms with E-state index in [9.17, 15) is 4.79 Å². The maximum absolute atomic E-state index is 12.0. The molecule has 0 spiro atoms. The summed E-state index contributed by atoms with van der Waals surface area (Å²) >= 11 is 2.31. The fourth-order valence-electron chi connectivity index (χ4n) is 4.13. The molecule has 2 aromatic rings. The lowest BCUT2D eigenvalue weighted by atomic mass is 9.89. The van der Waals surface area contributed by atoms with Gasteiger partial charge in [-0.2, -0.15) is 0 Å². The van der Waals surface area contributed by atoms with Crippen LogP contribution in [0.1, 0.15) is 31.7 Å². The van der Waals surface area contributed by atoms with Crippen LogP contribution in [0.15, 0.2) is 12.5 Å². The van der Waals surface area contributed by atoms with Gasteiger partial charge in [-0.25, -0.2) is 9.97 Å². The Hall–Kier alpha value is -1.42. The van der Waals surface area contributed by atoms with Crippen LogP contribution < -0.4 is 5.73 Å². The summed E-state index contributed by atoms with van der Waals surface area (Å²) in [5, 5.41) is 0.967. The standard InChI is InChI=1S/C17H23IN6O/c1-22-6-7-23(9-14(22)25)11-2-4-12(5-3-11)24-8-13(18)15-16(19)20-10-21-17(15)24/h8,10-12H,2-7,9H2,1H3,(H2,19,20,21). The number of anilines is 1. The van der Waals surface area contributed by atoms with Crippen LogP contribution in [0, 0.1) is 3.57 Å². The topological polar surface area (TPSA) is 80.3 Å². The van der Waals surface area contributed by atoms with Crippen molar-refractivity contribution in [1.82, 2.24) is 24.3 Å². The summed E-state index contributed by atoms with van der Waals surface area (Å²) in [7, 11) is 1.89. The molecule has 0 bridgehead atoms. The van der Waals surface area contributed by atoms with Crippen molar-refractivity contribution in [2.24, 2.45) is 0 Å². The van der Waals surface area contributed by atoms with Gasteiger partial charge in [-0.05, 0) is 48.3 Å². The summed E-state index contributed by atoms with van der Waals surface area (Å²) in [6, 6.07) is 0.967. The van der Waals surface area contributed by atoms with E-state index in [0.717, 1.165) is 53.4 Å². The van der Waals surface area contributed by atoms with Gasteiger partial charge >= 0.3 is 0 Å². The number of fused-ring (bicyclic) bond motifs is 1. The number of nitrogen functional groups attached to an aromatic ring is 1. The Labute approximate surface area is 160 Å². The largest absolute Gasteiger partial charge is 0.383 e. The van der Waals surface area contributed by atoms with Crippen LogP contribution in [-0.4, -0.2) is 63.0 Å². The van der Waals surface area contributed by atoms with Gasteiger partial charge in [0.15, 0.2) is 0 Å². The summed E-state index contributed by atoms with van der Waals surface area (Å²) in [6.07, 6.45) is 8.16. The highest BCUT2D eigenvalue weighted by atomic mass is 127. The molecular weight excluding hydrogens is 431 g/mol. The Morgan fingerprint density at radius 2 is 1.88 bits per heavy atom. The predicted octanol–water partition coefficient (Wildman–Crippen LogP) is 1.88. The van der Waals surface area contributed by atoms with Crippen LogP contribution in [0.5, 0.6) is 0 Å². The van der Waals surface area contributed by atoms with Crippen LogP contribution in [0.4, 0.5) is 5.82 Å². The molecule has 1 aliphatic heterocycles. The van der Waals surface area contributed by atoms with Gasteiger partial charge in [-0.3, -0.25) is 9.69 Å². The van der Waals surface area contributed by atoms with Crippen LogP contribution in [-0.2, 0) is 4.79 Å². The SMILES string of the molecule is CN1CCN(C2CCC(n3cc(I)c4c(N)ncnc43)CC2)CC1=O. The van der Waals surface area contributed by atoms with Crippen LogP contribution in [0.2, 0.25) is 0 Å². The molecule has 0 atom stereocenters. The molecule has 0 radical (unpaired) electrons. The van der Waals surface area contributed by atoms with Crippen molar-refractivity contribution >= 4 is 45.3 Å². The minimum atomic E-state index is 0.242. The third kappa shape index (κ3) is 3.10. The molecule has 2 N–H and O–H groups in total. The van der Waals surface area contributed by atoms with Crippen molar-refractivity contribution in [3.05, 3.63) is 16.1 Å². The predicted molar refractivity (Wildman–Crippen MR) is 105 cm³/mol. The van der Waals surface area contributed by atoms with Crippen molar-refractivity contribution in [2.45, 2.75) is 37.8 Å². The monoisotopic (exact) mass is 454 g/mol. The molecule has 1 saturated heterocycles. The third-order valence-electron chi connectivity index (χ3n) is 5.66. The Bertz CT molecular complexity index is 798. The van der Waals surface area contributed by atoms with Crippen molar-refractivity contribution in [1.29, 1.82) is 0 Å². The second-order valence-electron chi connectivity index (χ2n) is 7.09. The van der Waals surface area contributed by atoms with E-state index < -0.39 is 0 Å². The number of amides is 1. The summed E-state index contributed by atoms with van der Waals surface area (Å²) in [6.45, 7) is 2.40. The lowest BCUT2D eigenvalue weighted by Crippen LogP contribution is -2.52.